The summed E-state index contributed by atoms with van der Waals surface area (Å²) in [5.74, 6) is -0.907. The molecule has 0 aliphatic carbocycles. The minimum atomic E-state index is -2.31. The Hall–Kier alpha value is -2.64. The van der Waals surface area contributed by atoms with E-state index in [0.29, 0.717) is 30.6 Å². The average molecular weight is 381 g/mol. The van der Waals surface area contributed by atoms with Gasteiger partial charge < -0.3 is 20.1 Å². The van der Waals surface area contributed by atoms with E-state index in [4.69, 9.17) is 0 Å². The molecule has 5 rings (SSSR count). The lowest BCUT2D eigenvalue weighted by Crippen LogP contribution is -2.74. The van der Waals surface area contributed by atoms with Crippen molar-refractivity contribution in [3.63, 3.8) is 0 Å². The second-order valence-corrected chi connectivity index (χ2v) is 8.18. The molecule has 3 aliphatic heterocycles. The number of H-pyrrole nitrogens is 1. The first-order valence-corrected chi connectivity index (χ1v) is 9.66. The number of carbonyl (C=O) groups excluding carboxylic acids is 2. The Morgan fingerprint density at radius 1 is 1.29 bits per heavy atom. The summed E-state index contributed by atoms with van der Waals surface area (Å²) < 4.78 is 0. The Bertz CT molecular complexity index is 1040. The first-order valence-electron chi connectivity index (χ1n) is 9.66. The van der Waals surface area contributed by atoms with E-state index >= 15 is 0 Å². The van der Waals surface area contributed by atoms with Gasteiger partial charge in [0.2, 0.25) is 5.91 Å². The molecule has 3 N–H and O–H groups in total. The topological polar surface area (TPSA) is 96.9 Å². The molecule has 0 radical (unpaired) electrons. The summed E-state index contributed by atoms with van der Waals surface area (Å²) in [4.78, 5) is 32.6. The molecule has 2 fully saturated rings. The number of piperazine rings is 1. The van der Waals surface area contributed by atoms with Crippen molar-refractivity contribution in [2.75, 3.05) is 6.54 Å². The Kier molecular flexibility index (Phi) is 3.54. The number of aromatic amines is 1. The van der Waals surface area contributed by atoms with Crippen LogP contribution in [0.5, 0.6) is 0 Å². The van der Waals surface area contributed by atoms with Gasteiger partial charge >= 0.3 is 0 Å². The Morgan fingerprint density at radius 3 is 2.79 bits per heavy atom. The molecule has 146 valence electrons. The smallest absolute Gasteiger partial charge is 0.279 e. The molecule has 1 aromatic heterocycles. The summed E-state index contributed by atoms with van der Waals surface area (Å²) in [6.45, 7) is 4.24. The number of aromatic nitrogens is 1. The third-order valence-corrected chi connectivity index (χ3v) is 6.21. The van der Waals surface area contributed by atoms with Crippen molar-refractivity contribution in [3.05, 3.63) is 47.2 Å². The van der Waals surface area contributed by atoms with Crippen molar-refractivity contribution in [2.45, 2.75) is 50.6 Å². The van der Waals surface area contributed by atoms with Crippen LogP contribution in [0, 0.1) is 0 Å². The van der Waals surface area contributed by atoms with Gasteiger partial charge in [-0.1, -0.05) is 29.8 Å². The van der Waals surface area contributed by atoms with Gasteiger partial charge in [0.25, 0.3) is 11.6 Å². The lowest BCUT2D eigenvalue weighted by atomic mass is 9.82. The molecule has 2 aromatic rings. The Balaban J connectivity index is 1.82. The molecule has 7 nitrogen and oxygen atoms in total. The van der Waals surface area contributed by atoms with Crippen LogP contribution in [0.25, 0.3) is 10.9 Å². The molecular weight excluding hydrogens is 358 g/mol. The zero-order valence-corrected chi connectivity index (χ0v) is 15.8. The number of para-hydroxylation sites is 1. The van der Waals surface area contributed by atoms with Crippen LogP contribution < -0.4 is 0 Å². The molecule has 0 spiro atoms. The van der Waals surface area contributed by atoms with Gasteiger partial charge in [0, 0.05) is 28.7 Å². The molecule has 0 bridgehead atoms. The minimum absolute atomic E-state index is 0.314. The number of allylic oxidation sites excluding steroid dienone is 1. The van der Waals surface area contributed by atoms with Gasteiger partial charge in [-0.3, -0.25) is 14.5 Å². The van der Waals surface area contributed by atoms with Gasteiger partial charge in [0.15, 0.2) is 0 Å². The summed E-state index contributed by atoms with van der Waals surface area (Å²) in [6, 6.07) is 6.23. The maximum absolute atomic E-state index is 13.4. The maximum atomic E-state index is 13.4. The predicted molar refractivity (Wildman–Crippen MR) is 102 cm³/mol. The first kappa shape index (κ1) is 17.5. The first-order chi connectivity index (χ1) is 13.4. The standard InChI is InChI=1S/C21H23N3O4/c1-11(2)10-15-17-16(12-6-3-4-7-13(12)22-17)18(25)21(28)20(27)23-9-5-8-14(23)19(26)24(15)21/h3-4,6-7,10,14-15,18,22,25,28H,5,8-9H2,1-2H3/t14-,15-,18-,21+/m0/s1. The molecule has 4 atom stereocenters. The fraction of sp³-hybridized carbons (Fsp3) is 0.429. The van der Waals surface area contributed by atoms with Crippen LogP contribution in [0.4, 0.5) is 0 Å². The van der Waals surface area contributed by atoms with E-state index < -0.39 is 29.8 Å². The van der Waals surface area contributed by atoms with Gasteiger partial charge in [-0.15, -0.1) is 0 Å². The van der Waals surface area contributed by atoms with Crippen molar-refractivity contribution in [3.8, 4) is 0 Å². The third-order valence-electron chi connectivity index (χ3n) is 6.21. The van der Waals surface area contributed by atoms with Crippen LogP contribution in [0.15, 0.2) is 35.9 Å². The highest BCUT2D eigenvalue weighted by Crippen LogP contribution is 2.51. The summed E-state index contributed by atoms with van der Waals surface area (Å²) in [6.07, 6.45) is 1.62. The number of benzene rings is 1. The zero-order valence-electron chi connectivity index (χ0n) is 15.8. The van der Waals surface area contributed by atoms with Crippen LogP contribution in [0.3, 0.4) is 0 Å². The number of nitrogens with one attached hydrogen (secondary N) is 1. The van der Waals surface area contributed by atoms with Crippen LogP contribution in [-0.4, -0.2) is 55.1 Å². The molecule has 2 amide bonds. The monoisotopic (exact) mass is 381 g/mol. The predicted octanol–water partition coefficient (Wildman–Crippen LogP) is 1.74. The Morgan fingerprint density at radius 2 is 2.04 bits per heavy atom. The van der Waals surface area contributed by atoms with E-state index in [-0.39, 0.29) is 5.91 Å². The van der Waals surface area contributed by atoms with E-state index in [1.807, 2.05) is 44.2 Å². The SMILES string of the molecule is CC(C)=C[C@H]1c2[nH]c3ccccc3c2[C@H](O)[C@@]2(O)C(=O)N3CCC[C@H]3C(=O)N12. The number of hydrogen-bond donors (Lipinski definition) is 3. The van der Waals surface area contributed by atoms with Gasteiger partial charge in [-0.25, -0.2) is 0 Å². The van der Waals surface area contributed by atoms with E-state index in [2.05, 4.69) is 4.98 Å². The van der Waals surface area contributed by atoms with Gasteiger partial charge in [-0.05, 0) is 32.8 Å². The number of fused-ring (bicyclic) bond motifs is 5. The summed E-state index contributed by atoms with van der Waals surface area (Å²) in [5.41, 5.74) is 0.555. The quantitative estimate of drug-likeness (QED) is 0.656. The second-order valence-electron chi connectivity index (χ2n) is 8.18. The lowest BCUT2D eigenvalue weighted by molar-refractivity contribution is -0.229. The minimum Gasteiger partial charge on any atom is -0.383 e. The number of aliphatic hydroxyl groups is 2. The van der Waals surface area contributed by atoms with Crippen LogP contribution in [0.2, 0.25) is 0 Å². The molecule has 4 heterocycles. The van der Waals surface area contributed by atoms with Gasteiger partial charge in [0.1, 0.15) is 12.1 Å². The van der Waals surface area contributed by atoms with E-state index in [1.165, 1.54) is 9.80 Å². The summed E-state index contributed by atoms with van der Waals surface area (Å²) in [7, 11) is 0. The van der Waals surface area contributed by atoms with Gasteiger partial charge in [0.05, 0.1) is 6.04 Å². The summed E-state index contributed by atoms with van der Waals surface area (Å²) >= 11 is 0. The highest BCUT2D eigenvalue weighted by molar-refractivity contribution is 6.01. The number of amides is 2. The fourth-order valence-corrected chi connectivity index (χ4v) is 5.02. The lowest BCUT2D eigenvalue weighted by Gasteiger charge is -2.54. The normalized spacial score (nSPS) is 31.6. The molecule has 0 unspecified atom stereocenters. The average Bonchev–Trinajstić information content (AvgIpc) is 3.29. The van der Waals surface area contributed by atoms with Crippen LogP contribution in [0.1, 0.15) is 50.1 Å². The zero-order chi connectivity index (χ0) is 19.8. The van der Waals surface area contributed by atoms with Crippen LogP contribution >= 0.6 is 0 Å². The fourth-order valence-electron chi connectivity index (χ4n) is 5.02. The van der Waals surface area contributed by atoms with Crippen molar-refractivity contribution >= 4 is 22.7 Å². The summed E-state index contributed by atoms with van der Waals surface area (Å²) in [5, 5.41) is 23.5. The molecule has 28 heavy (non-hydrogen) atoms. The largest absolute Gasteiger partial charge is 0.383 e. The highest BCUT2D eigenvalue weighted by Gasteiger charge is 2.65. The van der Waals surface area contributed by atoms with E-state index in [9.17, 15) is 19.8 Å². The molecule has 0 saturated carbocycles. The maximum Gasteiger partial charge on any atom is 0.279 e. The molecular formula is C21H23N3O4. The van der Waals surface area contributed by atoms with Crippen LogP contribution in [-0.2, 0) is 9.59 Å². The van der Waals surface area contributed by atoms with Crippen molar-refractivity contribution in [1.82, 2.24) is 14.8 Å². The van der Waals surface area contributed by atoms with Crippen molar-refractivity contribution < 1.29 is 19.8 Å². The van der Waals surface area contributed by atoms with Crippen molar-refractivity contribution in [1.29, 1.82) is 0 Å². The number of aliphatic hydroxyl groups excluding tert-OH is 1. The number of rotatable bonds is 1. The second kappa shape index (κ2) is 5.68. The number of carbonyl (C=O) groups is 2. The molecule has 2 saturated heterocycles. The van der Waals surface area contributed by atoms with Gasteiger partial charge in [-0.2, -0.15) is 0 Å². The third kappa shape index (κ3) is 2.00. The Labute approximate surface area is 162 Å². The number of hydrogen-bond acceptors (Lipinski definition) is 4. The van der Waals surface area contributed by atoms with E-state index in [0.717, 1.165) is 16.5 Å². The molecule has 7 heteroatoms. The molecule has 3 aliphatic rings. The number of nitrogens with zero attached hydrogens (tertiary/aromatic N) is 2. The van der Waals surface area contributed by atoms with E-state index in [1.54, 1.807) is 0 Å². The molecule has 1 aromatic carbocycles. The van der Waals surface area contributed by atoms with Crippen molar-refractivity contribution in [2.24, 2.45) is 0 Å². The highest BCUT2D eigenvalue weighted by atomic mass is 16.4.